The number of para-hydroxylation sites is 1. The van der Waals surface area contributed by atoms with E-state index in [1.54, 1.807) is 0 Å². The molecule has 1 fully saturated rings. The maximum absolute atomic E-state index is 11.7. The Balaban J connectivity index is 1.77. The topological polar surface area (TPSA) is 38.8 Å². The Morgan fingerprint density at radius 1 is 1.42 bits per heavy atom. The van der Waals surface area contributed by atoms with Crippen molar-refractivity contribution in [2.24, 2.45) is 0 Å². The van der Waals surface area contributed by atoms with Gasteiger partial charge in [0.15, 0.2) is 6.61 Å². The molecule has 2 rings (SSSR count). The molecule has 0 spiro atoms. The summed E-state index contributed by atoms with van der Waals surface area (Å²) in [6, 6.07) is 7.65. The highest BCUT2D eigenvalue weighted by molar-refractivity contribution is 5.71. The van der Waals surface area contributed by atoms with Crippen LogP contribution in [0.3, 0.4) is 0 Å². The molecule has 19 heavy (non-hydrogen) atoms. The fourth-order valence-corrected chi connectivity index (χ4v) is 2.29. The zero-order valence-corrected chi connectivity index (χ0v) is 11.6. The standard InChI is InChI=1S/C15H21NO3/c1-12-6-3-4-8-14(12)18-11-15(17)19-13-7-5-9-16(2)10-13/h3-4,6,8,13H,5,7,9-11H2,1-2H3/t13-/m1/s1. The second-order valence-corrected chi connectivity index (χ2v) is 5.07. The van der Waals surface area contributed by atoms with Crippen molar-refractivity contribution >= 4 is 5.97 Å². The number of carbonyl (C=O) groups is 1. The first kappa shape index (κ1) is 13.9. The number of carbonyl (C=O) groups excluding carboxylic acids is 1. The molecule has 1 aromatic carbocycles. The van der Waals surface area contributed by atoms with Crippen LogP contribution in [-0.2, 0) is 9.53 Å². The zero-order valence-electron chi connectivity index (χ0n) is 11.6. The van der Waals surface area contributed by atoms with Gasteiger partial charge in [-0.25, -0.2) is 4.79 Å². The van der Waals surface area contributed by atoms with Gasteiger partial charge in [0.2, 0.25) is 0 Å². The molecule has 1 saturated heterocycles. The van der Waals surface area contributed by atoms with Crippen LogP contribution in [-0.4, -0.2) is 43.7 Å². The molecule has 0 bridgehead atoms. The second-order valence-electron chi connectivity index (χ2n) is 5.07. The highest BCUT2D eigenvalue weighted by Crippen LogP contribution is 2.16. The Morgan fingerprint density at radius 2 is 2.21 bits per heavy atom. The summed E-state index contributed by atoms with van der Waals surface area (Å²) in [6.07, 6.45) is 2.03. The van der Waals surface area contributed by atoms with E-state index in [0.29, 0.717) is 0 Å². The molecule has 104 valence electrons. The molecule has 0 saturated carbocycles. The van der Waals surface area contributed by atoms with Gasteiger partial charge in [0, 0.05) is 6.54 Å². The molecule has 4 nitrogen and oxygen atoms in total. The number of benzene rings is 1. The molecule has 4 heteroatoms. The van der Waals surface area contributed by atoms with Crippen LogP contribution in [0.5, 0.6) is 5.75 Å². The third-order valence-electron chi connectivity index (χ3n) is 3.32. The van der Waals surface area contributed by atoms with Crippen LogP contribution in [0.25, 0.3) is 0 Å². The lowest BCUT2D eigenvalue weighted by atomic mass is 10.1. The van der Waals surface area contributed by atoms with Crippen LogP contribution < -0.4 is 4.74 Å². The monoisotopic (exact) mass is 263 g/mol. The molecule has 1 aromatic rings. The van der Waals surface area contributed by atoms with E-state index in [4.69, 9.17) is 9.47 Å². The lowest BCUT2D eigenvalue weighted by Gasteiger charge is -2.29. The summed E-state index contributed by atoms with van der Waals surface area (Å²) in [7, 11) is 2.05. The number of hydrogen-bond acceptors (Lipinski definition) is 4. The van der Waals surface area contributed by atoms with E-state index in [9.17, 15) is 4.79 Å². The van der Waals surface area contributed by atoms with Crippen LogP contribution in [0, 0.1) is 6.92 Å². The van der Waals surface area contributed by atoms with Gasteiger partial charge in [0.05, 0.1) is 0 Å². The van der Waals surface area contributed by atoms with Crippen LogP contribution >= 0.6 is 0 Å². The van der Waals surface area contributed by atoms with Gasteiger partial charge in [-0.1, -0.05) is 18.2 Å². The first-order valence-corrected chi connectivity index (χ1v) is 6.71. The van der Waals surface area contributed by atoms with Gasteiger partial charge >= 0.3 is 5.97 Å². The van der Waals surface area contributed by atoms with E-state index in [1.165, 1.54) is 0 Å². The minimum atomic E-state index is -0.288. The summed E-state index contributed by atoms with van der Waals surface area (Å²) in [5.41, 5.74) is 1.02. The largest absolute Gasteiger partial charge is 0.482 e. The summed E-state index contributed by atoms with van der Waals surface area (Å²) >= 11 is 0. The number of rotatable bonds is 4. The molecule has 1 atom stereocenters. The van der Waals surface area contributed by atoms with Crippen molar-refractivity contribution in [3.8, 4) is 5.75 Å². The maximum atomic E-state index is 11.7. The van der Waals surface area contributed by atoms with Crippen molar-refractivity contribution in [2.75, 3.05) is 26.7 Å². The van der Waals surface area contributed by atoms with E-state index < -0.39 is 0 Å². The normalized spacial score (nSPS) is 20.0. The maximum Gasteiger partial charge on any atom is 0.344 e. The minimum Gasteiger partial charge on any atom is -0.482 e. The number of piperidine rings is 1. The van der Waals surface area contributed by atoms with Crippen molar-refractivity contribution in [1.29, 1.82) is 0 Å². The molecule has 1 aliphatic heterocycles. The van der Waals surface area contributed by atoms with Gasteiger partial charge < -0.3 is 14.4 Å². The number of esters is 1. The van der Waals surface area contributed by atoms with Crippen molar-refractivity contribution in [1.82, 2.24) is 4.90 Å². The van der Waals surface area contributed by atoms with E-state index in [1.807, 2.05) is 38.2 Å². The average molecular weight is 263 g/mol. The van der Waals surface area contributed by atoms with E-state index in [-0.39, 0.29) is 18.7 Å². The van der Waals surface area contributed by atoms with Crippen molar-refractivity contribution in [2.45, 2.75) is 25.9 Å². The third kappa shape index (κ3) is 4.24. The molecule has 1 aliphatic rings. The fraction of sp³-hybridized carbons (Fsp3) is 0.533. The smallest absolute Gasteiger partial charge is 0.344 e. The predicted molar refractivity (Wildman–Crippen MR) is 73.3 cm³/mol. The van der Waals surface area contributed by atoms with E-state index >= 15 is 0 Å². The Morgan fingerprint density at radius 3 is 2.95 bits per heavy atom. The highest BCUT2D eigenvalue weighted by Gasteiger charge is 2.20. The Kier molecular flexibility index (Phi) is 4.80. The highest BCUT2D eigenvalue weighted by atomic mass is 16.6. The van der Waals surface area contributed by atoms with Gasteiger partial charge in [-0.3, -0.25) is 0 Å². The molecular formula is C15H21NO3. The van der Waals surface area contributed by atoms with Crippen LogP contribution in [0.2, 0.25) is 0 Å². The van der Waals surface area contributed by atoms with Crippen LogP contribution in [0.4, 0.5) is 0 Å². The zero-order chi connectivity index (χ0) is 13.7. The number of ether oxygens (including phenoxy) is 2. The molecule has 0 aromatic heterocycles. The summed E-state index contributed by atoms with van der Waals surface area (Å²) in [5.74, 6) is 0.448. The first-order chi connectivity index (χ1) is 9.15. The van der Waals surface area contributed by atoms with E-state index in [0.717, 1.165) is 37.2 Å². The van der Waals surface area contributed by atoms with Crippen molar-refractivity contribution < 1.29 is 14.3 Å². The summed E-state index contributed by atoms with van der Waals surface area (Å²) in [6.45, 7) is 3.83. The molecule has 0 radical (unpaired) electrons. The quantitative estimate of drug-likeness (QED) is 0.779. The van der Waals surface area contributed by atoms with Crippen LogP contribution in [0.15, 0.2) is 24.3 Å². The fourth-order valence-electron chi connectivity index (χ4n) is 2.29. The minimum absolute atomic E-state index is 0.00622. The third-order valence-corrected chi connectivity index (χ3v) is 3.32. The van der Waals surface area contributed by atoms with Gasteiger partial charge in [0.1, 0.15) is 11.9 Å². The molecule has 1 heterocycles. The second kappa shape index (κ2) is 6.57. The number of likely N-dealkylation sites (N-methyl/N-ethyl adjacent to an activating group) is 1. The number of nitrogens with zero attached hydrogens (tertiary/aromatic N) is 1. The molecule has 0 N–H and O–H groups in total. The molecular weight excluding hydrogens is 242 g/mol. The SMILES string of the molecule is Cc1ccccc1OCC(=O)O[C@@H]1CCCN(C)C1. The number of hydrogen-bond donors (Lipinski definition) is 0. The van der Waals surface area contributed by atoms with Crippen molar-refractivity contribution in [3.05, 3.63) is 29.8 Å². The van der Waals surface area contributed by atoms with E-state index in [2.05, 4.69) is 4.90 Å². The van der Waals surface area contributed by atoms with Crippen LogP contribution in [0.1, 0.15) is 18.4 Å². The lowest BCUT2D eigenvalue weighted by Crippen LogP contribution is -2.38. The lowest BCUT2D eigenvalue weighted by molar-refractivity contribution is -0.153. The average Bonchev–Trinajstić information content (AvgIpc) is 2.38. The number of aryl methyl sites for hydroxylation is 1. The summed E-state index contributed by atoms with van der Waals surface area (Å²) < 4.78 is 10.9. The Labute approximate surface area is 114 Å². The first-order valence-electron chi connectivity index (χ1n) is 6.71. The predicted octanol–water partition coefficient (Wildman–Crippen LogP) is 2.01. The van der Waals surface area contributed by atoms with Gasteiger partial charge in [-0.2, -0.15) is 0 Å². The molecule has 0 amide bonds. The van der Waals surface area contributed by atoms with Gasteiger partial charge in [-0.15, -0.1) is 0 Å². The molecule has 0 unspecified atom stereocenters. The summed E-state index contributed by atoms with van der Waals surface area (Å²) in [5, 5.41) is 0. The van der Waals surface area contributed by atoms with Crippen molar-refractivity contribution in [3.63, 3.8) is 0 Å². The number of likely N-dealkylation sites (tertiary alicyclic amines) is 1. The van der Waals surface area contributed by atoms with Gasteiger partial charge in [-0.05, 0) is 45.0 Å². The summed E-state index contributed by atoms with van der Waals surface area (Å²) in [4.78, 5) is 13.9. The molecule has 0 aliphatic carbocycles. The Hall–Kier alpha value is -1.55. The Bertz CT molecular complexity index is 433. The van der Waals surface area contributed by atoms with Gasteiger partial charge in [0.25, 0.3) is 0 Å².